The standard InChI is InChI=1S/C17H20FN3S2/c1-8(2)14-10(5)23-16(19-14)13-11(18)6-7-12-15(13)20-17(22)21(12)9(3)4/h6-9H,1-5H3,(H,20,22). The van der Waals surface area contributed by atoms with Gasteiger partial charge in [-0.15, -0.1) is 11.3 Å². The molecule has 0 unspecified atom stereocenters. The number of imidazole rings is 1. The summed E-state index contributed by atoms with van der Waals surface area (Å²) in [5.41, 5.74) is 3.20. The van der Waals surface area contributed by atoms with Crippen LogP contribution in [0.3, 0.4) is 0 Å². The monoisotopic (exact) mass is 349 g/mol. The Hall–Kier alpha value is -1.53. The second kappa shape index (κ2) is 5.83. The minimum atomic E-state index is -0.270. The van der Waals surface area contributed by atoms with E-state index in [1.54, 1.807) is 6.07 Å². The van der Waals surface area contributed by atoms with E-state index in [0.717, 1.165) is 21.6 Å². The van der Waals surface area contributed by atoms with Gasteiger partial charge in [-0.2, -0.15) is 0 Å². The molecule has 0 aliphatic rings. The summed E-state index contributed by atoms with van der Waals surface area (Å²) in [4.78, 5) is 9.00. The highest BCUT2D eigenvalue weighted by molar-refractivity contribution is 7.71. The third-order valence-corrected chi connectivity index (χ3v) is 5.26. The van der Waals surface area contributed by atoms with Crippen LogP contribution in [0.25, 0.3) is 21.6 Å². The second-order valence-corrected chi connectivity index (χ2v) is 7.92. The molecule has 122 valence electrons. The van der Waals surface area contributed by atoms with Gasteiger partial charge in [0.1, 0.15) is 10.8 Å². The summed E-state index contributed by atoms with van der Waals surface area (Å²) in [6.07, 6.45) is 0. The van der Waals surface area contributed by atoms with Gasteiger partial charge >= 0.3 is 0 Å². The molecule has 0 saturated carbocycles. The average molecular weight is 350 g/mol. The molecule has 0 fully saturated rings. The van der Waals surface area contributed by atoms with Crippen molar-refractivity contribution < 1.29 is 4.39 Å². The Morgan fingerprint density at radius 3 is 2.52 bits per heavy atom. The van der Waals surface area contributed by atoms with E-state index >= 15 is 0 Å². The first-order valence-corrected chi connectivity index (χ1v) is 8.94. The molecule has 0 bridgehead atoms. The molecule has 2 aromatic heterocycles. The number of nitrogens with one attached hydrogen (secondary N) is 1. The van der Waals surface area contributed by atoms with E-state index in [9.17, 15) is 4.39 Å². The molecule has 0 aliphatic heterocycles. The SMILES string of the molecule is Cc1sc(-c2c(F)ccc3c2[nH]c(=S)n3C(C)C)nc1C(C)C. The molecule has 23 heavy (non-hydrogen) atoms. The van der Waals surface area contributed by atoms with E-state index in [1.165, 1.54) is 17.4 Å². The highest BCUT2D eigenvalue weighted by Gasteiger charge is 2.20. The van der Waals surface area contributed by atoms with Crippen molar-refractivity contribution in [2.24, 2.45) is 0 Å². The molecule has 3 rings (SSSR count). The number of aromatic nitrogens is 3. The summed E-state index contributed by atoms with van der Waals surface area (Å²) in [5.74, 6) is 0.0507. The van der Waals surface area contributed by atoms with Crippen LogP contribution in [0.15, 0.2) is 12.1 Å². The van der Waals surface area contributed by atoms with E-state index in [-0.39, 0.29) is 11.9 Å². The molecule has 0 amide bonds. The Bertz CT molecular complexity index is 931. The van der Waals surface area contributed by atoms with Crippen LogP contribution in [0.4, 0.5) is 4.39 Å². The number of fused-ring (bicyclic) bond motifs is 1. The van der Waals surface area contributed by atoms with E-state index in [1.807, 2.05) is 11.5 Å². The van der Waals surface area contributed by atoms with Crippen LogP contribution in [0, 0.1) is 17.5 Å². The summed E-state index contributed by atoms with van der Waals surface area (Å²) < 4.78 is 17.2. The summed E-state index contributed by atoms with van der Waals surface area (Å²) in [6.45, 7) is 10.4. The molecule has 2 heterocycles. The number of hydrogen-bond donors (Lipinski definition) is 1. The third kappa shape index (κ3) is 2.64. The van der Waals surface area contributed by atoms with Crippen molar-refractivity contribution in [3.8, 4) is 10.6 Å². The lowest BCUT2D eigenvalue weighted by atomic mass is 10.1. The molecule has 0 radical (unpaired) electrons. The van der Waals surface area contributed by atoms with Crippen molar-refractivity contribution in [2.75, 3.05) is 0 Å². The minimum Gasteiger partial charge on any atom is -0.330 e. The maximum absolute atomic E-state index is 14.6. The highest BCUT2D eigenvalue weighted by atomic mass is 32.1. The van der Waals surface area contributed by atoms with E-state index in [4.69, 9.17) is 12.2 Å². The number of halogens is 1. The van der Waals surface area contributed by atoms with Crippen molar-refractivity contribution in [1.29, 1.82) is 0 Å². The topological polar surface area (TPSA) is 33.6 Å². The predicted octanol–water partition coefficient (Wildman–Crippen LogP) is 5.97. The van der Waals surface area contributed by atoms with Gasteiger partial charge in [-0.1, -0.05) is 13.8 Å². The number of H-pyrrole nitrogens is 1. The van der Waals surface area contributed by atoms with Gasteiger partial charge in [0.2, 0.25) is 0 Å². The van der Waals surface area contributed by atoms with Crippen molar-refractivity contribution in [1.82, 2.24) is 14.5 Å². The third-order valence-electron chi connectivity index (χ3n) is 3.95. The fraction of sp³-hybridized carbons (Fsp3) is 0.412. The summed E-state index contributed by atoms with van der Waals surface area (Å²) in [7, 11) is 0. The normalized spacial score (nSPS) is 12.0. The lowest BCUT2D eigenvalue weighted by Crippen LogP contribution is -2.00. The van der Waals surface area contributed by atoms with Gasteiger partial charge in [0.05, 0.1) is 22.3 Å². The van der Waals surface area contributed by atoms with E-state index in [2.05, 4.69) is 37.7 Å². The molecule has 1 aromatic carbocycles. The number of aromatic amines is 1. The zero-order chi connectivity index (χ0) is 16.9. The van der Waals surface area contributed by atoms with E-state index < -0.39 is 0 Å². The van der Waals surface area contributed by atoms with Crippen molar-refractivity contribution in [2.45, 2.75) is 46.6 Å². The quantitative estimate of drug-likeness (QED) is 0.591. The summed E-state index contributed by atoms with van der Waals surface area (Å²) in [6, 6.07) is 3.49. The van der Waals surface area contributed by atoms with Crippen molar-refractivity contribution in [3.63, 3.8) is 0 Å². The minimum absolute atomic E-state index is 0.207. The van der Waals surface area contributed by atoms with Crippen LogP contribution in [0.1, 0.15) is 50.2 Å². The maximum atomic E-state index is 14.6. The van der Waals surface area contributed by atoms with Crippen LogP contribution in [0.2, 0.25) is 0 Å². The van der Waals surface area contributed by atoms with Crippen LogP contribution in [-0.2, 0) is 0 Å². The number of rotatable bonds is 3. The predicted molar refractivity (Wildman–Crippen MR) is 97.4 cm³/mol. The van der Waals surface area contributed by atoms with Gasteiger partial charge < -0.3 is 9.55 Å². The summed E-state index contributed by atoms with van der Waals surface area (Å²) >= 11 is 6.96. The largest absolute Gasteiger partial charge is 0.330 e. The Kier molecular flexibility index (Phi) is 4.14. The van der Waals surface area contributed by atoms with E-state index in [0.29, 0.717) is 21.3 Å². The van der Waals surface area contributed by atoms with Gasteiger partial charge in [-0.25, -0.2) is 9.37 Å². The smallest absolute Gasteiger partial charge is 0.178 e. The number of hydrogen-bond acceptors (Lipinski definition) is 3. The molecule has 0 aliphatic carbocycles. The van der Waals surface area contributed by atoms with Crippen LogP contribution in [-0.4, -0.2) is 14.5 Å². The number of thiazole rings is 1. The first kappa shape index (κ1) is 16.3. The molecule has 0 atom stereocenters. The van der Waals surface area contributed by atoms with Crippen molar-refractivity contribution in [3.05, 3.63) is 33.3 Å². The Balaban J connectivity index is 2.33. The number of aryl methyl sites for hydroxylation is 1. The average Bonchev–Trinajstić information content (AvgIpc) is 2.98. The first-order valence-electron chi connectivity index (χ1n) is 7.71. The molecular formula is C17H20FN3S2. The molecular weight excluding hydrogens is 329 g/mol. The van der Waals surface area contributed by atoms with Gasteiger partial charge in [0, 0.05) is 10.9 Å². The van der Waals surface area contributed by atoms with Gasteiger partial charge in [-0.05, 0) is 51.0 Å². The first-order chi connectivity index (χ1) is 10.8. The fourth-order valence-corrected chi connectivity index (χ4v) is 4.48. The maximum Gasteiger partial charge on any atom is 0.178 e. The molecule has 1 N–H and O–H groups in total. The molecule has 3 aromatic rings. The van der Waals surface area contributed by atoms with Crippen molar-refractivity contribution >= 4 is 34.6 Å². The summed E-state index contributed by atoms with van der Waals surface area (Å²) in [5, 5.41) is 0.710. The Morgan fingerprint density at radius 2 is 1.96 bits per heavy atom. The Labute approximate surface area is 144 Å². The van der Waals surface area contributed by atoms with Gasteiger partial charge in [0.15, 0.2) is 4.77 Å². The Morgan fingerprint density at radius 1 is 1.26 bits per heavy atom. The molecule has 6 heteroatoms. The highest BCUT2D eigenvalue weighted by Crippen LogP contribution is 2.37. The molecule has 0 spiro atoms. The number of nitrogens with zero attached hydrogens (tertiary/aromatic N) is 2. The molecule has 0 saturated heterocycles. The van der Waals surface area contributed by atoms with Gasteiger partial charge in [0.25, 0.3) is 0 Å². The van der Waals surface area contributed by atoms with Crippen LogP contribution in [0.5, 0.6) is 0 Å². The van der Waals surface area contributed by atoms with Crippen LogP contribution >= 0.6 is 23.6 Å². The zero-order valence-electron chi connectivity index (χ0n) is 13.9. The second-order valence-electron chi connectivity index (χ2n) is 6.33. The number of benzene rings is 1. The van der Waals surface area contributed by atoms with Gasteiger partial charge in [-0.3, -0.25) is 0 Å². The van der Waals surface area contributed by atoms with Crippen LogP contribution < -0.4 is 0 Å². The zero-order valence-corrected chi connectivity index (χ0v) is 15.5. The fourth-order valence-electron chi connectivity index (χ4n) is 2.94. The molecule has 3 nitrogen and oxygen atoms in total. The lowest BCUT2D eigenvalue weighted by molar-refractivity contribution is 0.609. The lowest BCUT2D eigenvalue weighted by Gasteiger charge is -2.09.